The van der Waals surface area contributed by atoms with E-state index >= 15 is 0 Å². The highest BCUT2D eigenvalue weighted by atomic mass is 19.1. The molecule has 0 bridgehead atoms. The van der Waals surface area contributed by atoms with E-state index in [1.54, 1.807) is 0 Å². The van der Waals surface area contributed by atoms with Crippen molar-refractivity contribution < 1.29 is 4.39 Å². The Morgan fingerprint density at radius 3 is 2.50 bits per heavy atom. The molecule has 2 nitrogen and oxygen atoms in total. The summed E-state index contributed by atoms with van der Waals surface area (Å²) in [4.78, 5) is 4.30. The number of nitrogens with zero attached hydrogens (tertiary/aromatic N) is 1. The van der Waals surface area contributed by atoms with E-state index in [1.165, 1.54) is 12.1 Å². The van der Waals surface area contributed by atoms with Crippen molar-refractivity contribution in [1.82, 2.24) is 4.98 Å². The van der Waals surface area contributed by atoms with Crippen LogP contribution >= 0.6 is 0 Å². The molecule has 0 fully saturated rings. The lowest BCUT2D eigenvalue weighted by molar-refractivity contribution is 0.616. The summed E-state index contributed by atoms with van der Waals surface area (Å²) in [6.45, 7) is 4.15. The summed E-state index contributed by atoms with van der Waals surface area (Å²) >= 11 is 0. The van der Waals surface area contributed by atoms with Gasteiger partial charge in [0.05, 0.1) is 17.9 Å². The lowest BCUT2D eigenvalue weighted by atomic mass is 10.0. The first-order valence-corrected chi connectivity index (χ1v) is 7.13. The summed E-state index contributed by atoms with van der Waals surface area (Å²) in [7, 11) is 0. The maximum Gasteiger partial charge on any atom is 0.123 e. The first-order chi connectivity index (χ1) is 9.69. The van der Waals surface area contributed by atoms with Crippen LogP contribution in [0.15, 0.2) is 42.6 Å². The Kier molecular flexibility index (Phi) is 5.10. The number of aromatic nitrogens is 1. The monoisotopic (exact) mass is 272 g/mol. The Balaban J connectivity index is 2.14. The van der Waals surface area contributed by atoms with Gasteiger partial charge in [-0.05, 0) is 43.2 Å². The molecule has 0 amide bonds. The molecule has 0 saturated heterocycles. The van der Waals surface area contributed by atoms with E-state index < -0.39 is 0 Å². The zero-order valence-electron chi connectivity index (χ0n) is 12.1. The van der Waals surface area contributed by atoms with Gasteiger partial charge >= 0.3 is 0 Å². The molecule has 2 rings (SSSR count). The smallest absolute Gasteiger partial charge is 0.123 e. The molecular formula is C17H21FN2. The van der Waals surface area contributed by atoms with Crippen LogP contribution in [0.2, 0.25) is 0 Å². The highest BCUT2D eigenvalue weighted by Gasteiger charge is 2.11. The Bertz CT molecular complexity index is 520. The van der Waals surface area contributed by atoms with E-state index in [2.05, 4.69) is 17.2 Å². The maximum atomic E-state index is 13.0. The fourth-order valence-electron chi connectivity index (χ4n) is 2.18. The molecule has 0 aliphatic heterocycles. The number of aryl methyl sites for hydroxylation is 1. The molecular weight excluding hydrogens is 251 g/mol. The second kappa shape index (κ2) is 7.04. The van der Waals surface area contributed by atoms with Crippen molar-refractivity contribution >= 4 is 5.69 Å². The third-order valence-electron chi connectivity index (χ3n) is 3.37. The lowest BCUT2D eigenvalue weighted by Gasteiger charge is -2.20. The van der Waals surface area contributed by atoms with Crippen LogP contribution in [-0.4, -0.2) is 4.98 Å². The fraction of sp³-hybridized carbons (Fsp3) is 0.353. The minimum Gasteiger partial charge on any atom is -0.377 e. The molecule has 20 heavy (non-hydrogen) atoms. The lowest BCUT2D eigenvalue weighted by Crippen LogP contribution is -2.11. The molecule has 2 aromatic rings. The van der Waals surface area contributed by atoms with Crippen molar-refractivity contribution in [1.29, 1.82) is 0 Å². The Hall–Kier alpha value is -1.90. The standard InChI is InChI=1S/C17H21FN2/c1-3-4-5-17(14-7-9-15(18)10-8-14)20-16-11-6-13(2)19-12-16/h6-12,17,20H,3-5H2,1-2H3. The summed E-state index contributed by atoms with van der Waals surface area (Å²) in [5.74, 6) is -0.194. The second-order valence-electron chi connectivity index (χ2n) is 5.08. The third kappa shape index (κ3) is 4.05. The van der Waals surface area contributed by atoms with Crippen LogP contribution in [-0.2, 0) is 0 Å². The first-order valence-electron chi connectivity index (χ1n) is 7.13. The molecule has 1 aromatic heterocycles. The fourth-order valence-corrected chi connectivity index (χ4v) is 2.18. The number of rotatable bonds is 6. The van der Waals surface area contributed by atoms with Gasteiger partial charge < -0.3 is 5.32 Å². The number of anilines is 1. The van der Waals surface area contributed by atoms with E-state index in [-0.39, 0.29) is 11.9 Å². The maximum absolute atomic E-state index is 13.0. The summed E-state index contributed by atoms with van der Waals surface area (Å²) in [5, 5.41) is 3.49. The van der Waals surface area contributed by atoms with Crippen molar-refractivity contribution in [2.24, 2.45) is 0 Å². The second-order valence-corrected chi connectivity index (χ2v) is 5.08. The van der Waals surface area contributed by atoms with Crippen LogP contribution in [0.3, 0.4) is 0 Å². The van der Waals surface area contributed by atoms with Crippen molar-refractivity contribution in [3.8, 4) is 0 Å². The van der Waals surface area contributed by atoms with E-state index in [4.69, 9.17) is 0 Å². The summed E-state index contributed by atoms with van der Waals surface area (Å²) in [6, 6.07) is 11.0. The average molecular weight is 272 g/mol. The quantitative estimate of drug-likeness (QED) is 0.811. The molecule has 3 heteroatoms. The van der Waals surface area contributed by atoms with Gasteiger partial charge in [-0.25, -0.2) is 4.39 Å². The topological polar surface area (TPSA) is 24.9 Å². The molecule has 1 aromatic carbocycles. The van der Waals surface area contributed by atoms with Gasteiger partial charge in [0.2, 0.25) is 0 Å². The molecule has 1 atom stereocenters. The molecule has 1 unspecified atom stereocenters. The predicted octanol–water partition coefficient (Wildman–Crippen LogP) is 4.87. The number of pyridine rings is 1. The van der Waals surface area contributed by atoms with E-state index in [0.29, 0.717) is 0 Å². The number of unbranched alkanes of at least 4 members (excludes halogenated alkanes) is 1. The van der Waals surface area contributed by atoms with Gasteiger partial charge in [-0.15, -0.1) is 0 Å². The normalized spacial score (nSPS) is 12.2. The van der Waals surface area contributed by atoms with Crippen molar-refractivity contribution in [2.45, 2.75) is 39.2 Å². The van der Waals surface area contributed by atoms with Gasteiger partial charge in [0.1, 0.15) is 5.82 Å². The zero-order valence-corrected chi connectivity index (χ0v) is 12.1. The first kappa shape index (κ1) is 14.5. The van der Waals surface area contributed by atoms with Crippen LogP contribution in [0.1, 0.15) is 43.5 Å². The minimum atomic E-state index is -0.194. The number of hydrogen-bond donors (Lipinski definition) is 1. The molecule has 106 valence electrons. The van der Waals surface area contributed by atoms with Gasteiger partial charge in [-0.3, -0.25) is 4.98 Å². The Morgan fingerprint density at radius 2 is 1.90 bits per heavy atom. The number of halogens is 1. The predicted molar refractivity (Wildman–Crippen MR) is 81.3 cm³/mol. The third-order valence-corrected chi connectivity index (χ3v) is 3.37. The van der Waals surface area contributed by atoms with Gasteiger partial charge in [-0.1, -0.05) is 31.9 Å². The van der Waals surface area contributed by atoms with E-state index in [0.717, 1.165) is 36.2 Å². The molecule has 1 heterocycles. The summed E-state index contributed by atoms with van der Waals surface area (Å²) in [5.41, 5.74) is 3.11. The van der Waals surface area contributed by atoms with Gasteiger partial charge in [0.25, 0.3) is 0 Å². The highest BCUT2D eigenvalue weighted by Crippen LogP contribution is 2.24. The summed E-state index contributed by atoms with van der Waals surface area (Å²) in [6.07, 6.45) is 5.15. The zero-order chi connectivity index (χ0) is 14.4. The van der Waals surface area contributed by atoms with Crippen molar-refractivity contribution in [2.75, 3.05) is 5.32 Å². The van der Waals surface area contributed by atoms with Crippen molar-refractivity contribution in [3.05, 3.63) is 59.7 Å². The minimum absolute atomic E-state index is 0.194. The molecule has 0 aliphatic rings. The van der Waals surface area contributed by atoms with Crippen LogP contribution in [0.25, 0.3) is 0 Å². The van der Waals surface area contributed by atoms with Crippen LogP contribution in [0, 0.1) is 12.7 Å². The van der Waals surface area contributed by atoms with Gasteiger partial charge in [-0.2, -0.15) is 0 Å². The number of benzene rings is 1. The molecule has 0 aliphatic carbocycles. The average Bonchev–Trinajstić information content (AvgIpc) is 2.46. The molecule has 0 spiro atoms. The van der Waals surface area contributed by atoms with E-state index in [1.807, 2.05) is 37.4 Å². The molecule has 1 N–H and O–H groups in total. The van der Waals surface area contributed by atoms with E-state index in [9.17, 15) is 4.39 Å². The van der Waals surface area contributed by atoms with Crippen LogP contribution < -0.4 is 5.32 Å². The van der Waals surface area contributed by atoms with Gasteiger partial charge in [0.15, 0.2) is 0 Å². The van der Waals surface area contributed by atoms with Crippen molar-refractivity contribution in [3.63, 3.8) is 0 Å². The SMILES string of the molecule is CCCCC(Nc1ccc(C)nc1)c1ccc(F)cc1. The molecule has 0 saturated carbocycles. The Labute approximate surface area is 120 Å². The van der Waals surface area contributed by atoms with Gasteiger partial charge in [0, 0.05) is 5.69 Å². The highest BCUT2D eigenvalue weighted by molar-refractivity contribution is 5.43. The number of hydrogen-bond acceptors (Lipinski definition) is 2. The largest absolute Gasteiger partial charge is 0.377 e. The molecule has 0 radical (unpaired) electrons. The van der Waals surface area contributed by atoms with Crippen LogP contribution in [0.5, 0.6) is 0 Å². The Morgan fingerprint density at radius 1 is 1.15 bits per heavy atom. The van der Waals surface area contributed by atoms with Crippen LogP contribution in [0.4, 0.5) is 10.1 Å². The number of nitrogens with one attached hydrogen (secondary N) is 1. The summed E-state index contributed by atoms with van der Waals surface area (Å²) < 4.78 is 13.0.